The van der Waals surface area contributed by atoms with Crippen molar-refractivity contribution >= 4 is 5.91 Å². The lowest BCUT2D eigenvalue weighted by Gasteiger charge is -2.35. The van der Waals surface area contributed by atoms with Crippen LogP contribution in [0.1, 0.15) is 40.9 Å². The number of amides is 1. The number of pyridine rings is 1. The van der Waals surface area contributed by atoms with E-state index in [1.165, 1.54) is 11.1 Å². The van der Waals surface area contributed by atoms with E-state index in [-0.39, 0.29) is 18.0 Å². The summed E-state index contributed by atoms with van der Waals surface area (Å²) in [6.45, 7) is 1.94. The number of nitrogens with one attached hydrogen (secondary N) is 1. The van der Waals surface area contributed by atoms with Gasteiger partial charge in [0.1, 0.15) is 0 Å². The second-order valence-corrected chi connectivity index (χ2v) is 6.84. The standard InChI is InChI=1S/C21H22N4O/c1-15-6-7-16(13-23-15)12-20(26)24-21-18-5-3-2-4-17(18)8-9-19(21)25-11-10-22-14-25/h2-7,10-11,13-14,19,21H,8-9,12H2,1H3,(H,24,26)/t19-,21+/m0/s1. The normalized spacial score (nSPS) is 19.0. The number of aryl methyl sites for hydroxylation is 2. The van der Waals surface area contributed by atoms with Gasteiger partial charge in [0.25, 0.3) is 0 Å². The molecule has 1 amide bonds. The maximum absolute atomic E-state index is 12.7. The van der Waals surface area contributed by atoms with Crippen molar-refractivity contribution in [3.63, 3.8) is 0 Å². The molecule has 0 saturated carbocycles. The molecule has 2 heterocycles. The zero-order chi connectivity index (χ0) is 17.9. The van der Waals surface area contributed by atoms with Crippen molar-refractivity contribution in [1.82, 2.24) is 19.9 Å². The summed E-state index contributed by atoms with van der Waals surface area (Å²) < 4.78 is 2.11. The smallest absolute Gasteiger partial charge is 0.225 e. The third-order valence-corrected chi connectivity index (χ3v) is 5.05. The van der Waals surface area contributed by atoms with Gasteiger partial charge in [-0.1, -0.05) is 30.3 Å². The summed E-state index contributed by atoms with van der Waals surface area (Å²) in [7, 11) is 0. The van der Waals surface area contributed by atoms with Crippen molar-refractivity contribution in [2.24, 2.45) is 0 Å². The molecule has 4 rings (SSSR count). The molecule has 2 aromatic heterocycles. The molecule has 2 atom stereocenters. The average Bonchev–Trinajstić information content (AvgIpc) is 3.18. The zero-order valence-electron chi connectivity index (χ0n) is 14.8. The Kier molecular flexibility index (Phi) is 4.52. The molecule has 5 nitrogen and oxygen atoms in total. The average molecular weight is 346 g/mol. The van der Waals surface area contributed by atoms with Gasteiger partial charge in [0.05, 0.1) is 24.8 Å². The molecular formula is C21H22N4O. The molecule has 0 spiro atoms. The van der Waals surface area contributed by atoms with Crippen molar-refractivity contribution in [3.05, 3.63) is 83.7 Å². The van der Waals surface area contributed by atoms with Gasteiger partial charge in [-0.05, 0) is 42.5 Å². The molecule has 0 unspecified atom stereocenters. The van der Waals surface area contributed by atoms with Crippen LogP contribution < -0.4 is 5.32 Å². The van der Waals surface area contributed by atoms with E-state index in [1.54, 1.807) is 12.4 Å². The molecule has 0 radical (unpaired) electrons. The molecule has 0 fully saturated rings. The van der Waals surface area contributed by atoms with E-state index >= 15 is 0 Å². The van der Waals surface area contributed by atoms with Crippen LogP contribution in [0.15, 0.2) is 61.3 Å². The first-order valence-electron chi connectivity index (χ1n) is 8.97. The number of aromatic nitrogens is 3. The van der Waals surface area contributed by atoms with Gasteiger partial charge < -0.3 is 9.88 Å². The minimum Gasteiger partial charge on any atom is -0.347 e. The molecule has 26 heavy (non-hydrogen) atoms. The fourth-order valence-electron chi connectivity index (χ4n) is 3.72. The SMILES string of the molecule is Cc1ccc(CC(=O)N[C@@H]2c3ccccc3CC[C@@H]2n2ccnc2)cn1. The second kappa shape index (κ2) is 7.12. The summed E-state index contributed by atoms with van der Waals surface area (Å²) in [6, 6.07) is 12.4. The molecule has 0 aliphatic heterocycles. The largest absolute Gasteiger partial charge is 0.347 e. The highest BCUT2D eigenvalue weighted by atomic mass is 16.1. The van der Waals surface area contributed by atoms with Gasteiger partial charge in [0, 0.05) is 24.3 Å². The lowest BCUT2D eigenvalue weighted by Crippen LogP contribution is -2.38. The van der Waals surface area contributed by atoms with Crippen LogP contribution in [0.2, 0.25) is 0 Å². The molecule has 1 aliphatic carbocycles. The van der Waals surface area contributed by atoms with E-state index < -0.39 is 0 Å². The highest BCUT2D eigenvalue weighted by molar-refractivity contribution is 5.79. The number of carbonyl (C=O) groups excluding carboxylic acids is 1. The van der Waals surface area contributed by atoms with Crippen molar-refractivity contribution in [3.8, 4) is 0 Å². The van der Waals surface area contributed by atoms with Gasteiger partial charge in [-0.15, -0.1) is 0 Å². The molecule has 1 N–H and O–H groups in total. The van der Waals surface area contributed by atoms with Crippen LogP contribution in [-0.2, 0) is 17.6 Å². The van der Waals surface area contributed by atoms with Crippen molar-refractivity contribution in [1.29, 1.82) is 0 Å². The number of rotatable bonds is 4. The molecule has 5 heteroatoms. The van der Waals surface area contributed by atoms with E-state index in [0.29, 0.717) is 6.42 Å². The topological polar surface area (TPSA) is 59.8 Å². The Balaban J connectivity index is 1.58. The predicted molar refractivity (Wildman–Crippen MR) is 99.6 cm³/mol. The molecule has 132 valence electrons. The lowest BCUT2D eigenvalue weighted by atomic mass is 9.83. The predicted octanol–water partition coefficient (Wildman–Crippen LogP) is 3.17. The van der Waals surface area contributed by atoms with Crippen LogP contribution in [0.25, 0.3) is 0 Å². The van der Waals surface area contributed by atoms with Gasteiger partial charge in [0.15, 0.2) is 0 Å². The highest BCUT2D eigenvalue weighted by Gasteiger charge is 2.31. The van der Waals surface area contributed by atoms with Gasteiger partial charge in [-0.2, -0.15) is 0 Å². The Morgan fingerprint density at radius 1 is 1.27 bits per heavy atom. The fourth-order valence-corrected chi connectivity index (χ4v) is 3.72. The molecule has 0 saturated heterocycles. The van der Waals surface area contributed by atoms with Crippen LogP contribution in [0.4, 0.5) is 0 Å². The minimum atomic E-state index is -0.0555. The van der Waals surface area contributed by atoms with E-state index in [0.717, 1.165) is 24.1 Å². The van der Waals surface area contributed by atoms with Crippen molar-refractivity contribution in [2.75, 3.05) is 0 Å². The van der Waals surface area contributed by atoms with Gasteiger partial charge >= 0.3 is 0 Å². The summed E-state index contributed by atoms with van der Waals surface area (Å²) in [5.74, 6) is 0.0162. The Hall–Kier alpha value is -2.95. The number of hydrogen-bond acceptors (Lipinski definition) is 3. The van der Waals surface area contributed by atoms with Crippen LogP contribution in [0.5, 0.6) is 0 Å². The lowest BCUT2D eigenvalue weighted by molar-refractivity contribution is -0.121. The second-order valence-electron chi connectivity index (χ2n) is 6.84. The van der Waals surface area contributed by atoms with E-state index in [4.69, 9.17) is 0 Å². The first kappa shape index (κ1) is 16.5. The number of imidazole rings is 1. The quantitative estimate of drug-likeness (QED) is 0.789. The van der Waals surface area contributed by atoms with Gasteiger partial charge in [0.2, 0.25) is 5.91 Å². The third-order valence-electron chi connectivity index (χ3n) is 5.05. The summed E-state index contributed by atoms with van der Waals surface area (Å²) in [4.78, 5) is 21.2. The number of carbonyl (C=O) groups is 1. The summed E-state index contributed by atoms with van der Waals surface area (Å²) >= 11 is 0. The first-order valence-corrected chi connectivity index (χ1v) is 8.97. The van der Waals surface area contributed by atoms with E-state index in [2.05, 4.69) is 38.1 Å². The summed E-state index contributed by atoms with van der Waals surface area (Å²) in [6.07, 6.45) is 9.69. The maximum atomic E-state index is 12.7. The van der Waals surface area contributed by atoms with Gasteiger partial charge in [-0.3, -0.25) is 9.78 Å². The minimum absolute atomic E-state index is 0.0162. The van der Waals surface area contributed by atoms with Crippen LogP contribution in [-0.4, -0.2) is 20.4 Å². The first-order chi connectivity index (χ1) is 12.7. The fraction of sp³-hybridized carbons (Fsp3) is 0.286. The Morgan fingerprint density at radius 3 is 2.92 bits per heavy atom. The molecule has 0 bridgehead atoms. The zero-order valence-corrected chi connectivity index (χ0v) is 14.8. The van der Waals surface area contributed by atoms with Crippen LogP contribution in [0.3, 0.4) is 0 Å². The van der Waals surface area contributed by atoms with Crippen molar-refractivity contribution < 1.29 is 4.79 Å². The highest BCUT2D eigenvalue weighted by Crippen LogP contribution is 2.37. The van der Waals surface area contributed by atoms with E-state index in [9.17, 15) is 4.79 Å². The molecular weight excluding hydrogens is 324 g/mol. The third kappa shape index (κ3) is 3.38. The maximum Gasteiger partial charge on any atom is 0.225 e. The van der Waals surface area contributed by atoms with Gasteiger partial charge in [-0.25, -0.2) is 4.98 Å². The van der Waals surface area contributed by atoms with Crippen molar-refractivity contribution in [2.45, 2.75) is 38.3 Å². The monoisotopic (exact) mass is 346 g/mol. The number of nitrogens with zero attached hydrogens (tertiary/aromatic N) is 3. The summed E-state index contributed by atoms with van der Waals surface area (Å²) in [5, 5.41) is 3.26. The molecule has 3 aromatic rings. The number of fused-ring (bicyclic) bond motifs is 1. The Labute approximate surface area is 153 Å². The van der Waals surface area contributed by atoms with E-state index in [1.807, 2.05) is 37.6 Å². The Bertz CT molecular complexity index is 887. The summed E-state index contributed by atoms with van der Waals surface area (Å²) in [5.41, 5.74) is 4.39. The molecule has 1 aromatic carbocycles. The Morgan fingerprint density at radius 2 is 2.15 bits per heavy atom. The number of hydrogen-bond donors (Lipinski definition) is 1. The molecule has 1 aliphatic rings. The van der Waals surface area contributed by atoms with Crippen LogP contribution in [0, 0.1) is 6.92 Å². The van der Waals surface area contributed by atoms with Crippen LogP contribution >= 0.6 is 0 Å². The number of benzene rings is 1.